The maximum atomic E-state index is 5.69. The highest BCUT2D eigenvalue weighted by atomic mass is 16.5. The molecule has 3 N–H and O–H groups in total. The second kappa shape index (κ2) is 6.94. The fraction of sp³-hybridized carbons (Fsp3) is 0.263. The van der Waals surface area contributed by atoms with E-state index in [1.807, 2.05) is 18.2 Å². The lowest BCUT2D eigenvalue weighted by Gasteiger charge is -2.16. The van der Waals surface area contributed by atoms with Gasteiger partial charge in [0.25, 0.3) is 0 Å². The van der Waals surface area contributed by atoms with E-state index in [1.54, 1.807) is 7.11 Å². The minimum atomic E-state index is 0.520. The van der Waals surface area contributed by atoms with Crippen molar-refractivity contribution >= 4 is 11.6 Å². The van der Waals surface area contributed by atoms with Gasteiger partial charge in [-0.1, -0.05) is 30.3 Å². The summed E-state index contributed by atoms with van der Waals surface area (Å²) in [6, 6.07) is 14.6. The third-order valence-corrected chi connectivity index (χ3v) is 4.64. The van der Waals surface area contributed by atoms with Crippen molar-refractivity contribution in [2.45, 2.75) is 12.3 Å². The largest absolute Gasteiger partial charge is 0.496 e. The van der Waals surface area contributed by atoms with Gasteiger partial charge in [-0.3, -0.25) is 0 Å². The van der Waals surface area contributed by atoms with E-state index in [9.17, 15) is 0 Å². The molecule has 0 saturated carbocycles. The third-order valence-electron chi connectivity index (χ3n) is 4.64. The molecule has 0 radical (unpaired) electrons. The summed E-state index contributed by atoms with van der Waals surface area (Å²) in [5.41, 5.74) is 4.44. The monoisotopic (exact) mass is 335 g/mol. The number of aromatic nitrogens is 3. The molecule has 4 rings (SSSR count). The zero-order chi connectivity index (χ0) is 17.1. The van der Waals surface area contributed by atoms with Crippen molar-refractivity contribution in [3.63, 3.8) is 0 Å². The quantitative estimate of drug-likeness (QED) is 0.667. The molecule has 0 spiro atoms. The number of hydrogen-bond acceptors (Lipinski definition) is 5. The SMILES string of the molecule is COc1cc(-c2ccccc2Nc2ncn[nH]2)ccc1C1CCNC1. The molecule has 0 aliphatic carbocycles. The molecule has 1 saturated heterocycles. The Morgan fingerprint density at radius 3 is 2.88 bits per heavy atom. The van der Waals surface area contributed by atoms with E-state index in [0.29, 0.717) is 11.9 Å². The molecule has 0 bridgehead atoms. The van der Waals surface area contributed by atoms with Crippen LogP contribution in [0.25, 0.3) is 11.1 Å². The highest BCUT2D eigenvalue weighted by Gasteiger charge is 2.20. The summed E-state index contributed by atoms with van der Waals surface area (Å²) in [7, 11) is 1.74. The number of nitrogens with zero attached hydrogens (tertiary/aromatic N) is 2. The fourth-order valence-electron chi connectivity index (χ4n) is 3.37. The molecule has 1 aromatic heterocycles. The molecule has 1 aliphatic rings. The third kappa shape index (κ3) is 3.21. The Balaban J connectivity index is 1.70. The molecule has 128 valence electrons. The highest BCUT2D eigenvalue weighted by Crippen LogP contribution is 2.36. The van der Waals surface area contributed by atoms with Gasteiger partial charge in [0.15, 0.2) is 0 Å². The van der Waals surface area contributed by atoms with Gasteiger partial charge in [0, 0.05) is 23.7 Å². The van der Waals surface area contributed by atoms with Gasteiger partial charge in [-0.25, -0.2) is 5.10 Å². The van der Waals surface area contributed by atoms with E-state index in [-0.39, 0.29) is 0 Å². The molecule has 6 nitrogen and oxygen atoms in total. The van der Waals surface area contributed by atoms with Gasteiger partial charge in [-0.05, 0) is 36.2 Å². The average Bonchev–Trinajstić information content (AvgIpc) is 3.36. The van der Waals surface area contributed by atoms with Crippen LogP contribution in [0, 0.1) is 0 Å². The van der Waals surface area contributed by atoms with Crippen LogP contribution in [-0.2, 0) is 0 Å². The van der Waals surface area contributed by atoms with E-state index in [0.717, 1.165) is 42.1 Å². The minimum Gasteiger partial charge on any atom is -0.496 e. The minimum absolute atomic E-state index is 0.520. The number of H-pyrrole nitrogens is 1. The van der Waals surface area contributed by atoms with Crippen molar-refractivity contribution in [1.29, 1.82) is 0 Å². The smallest absolute Gasteiger partial charge is 0.222 e. The van der Waals surface area contributed by atoms with Gasteiger partial charge in [-0.2, -0.15) is 10.1 Å². The molecule has 2 aromatic carbocycles. The standard InChI is InChI=1S/C19H21N5O/c1-25-18-10-13(6-7-16(18)14-8-9-20-11-14)15-4-2-3-5-17(15)23-19-21-12-22-24-19/h2-7,10,12,14,20H,8-9,11H2,1H3,(H2,21,22,23,24). The van der Waals surface area contributed by atoms with Crippen LogP contribution in [-0.4, -0.2) is 35.4 Å². The predicted molar refractivity (Wildman–Crippen MR) is 98.3 cm³/mol. The predicted octanol–water partition coefficient (Wildman–Crippen LogP) is 3.30. The number of anilines is 2. The number of rotatable bonds is 5. The van der Waals surface area contributed by atoms with E-state index in [2.05, 4.69) is 50.1 Å². The normalized spacial score (nSPS) is 16.8. The van der Waals surface area contributed by atoms with Crippen molar-refractivity contribution in [3.8, 4) is 16.9 Å². The Bertz CT molecular complexity index is 841. The lowest BCUT2D eigenvalue weighted by Crippen LogP contribution is -2.08. The molecule has 2 heterocycles. The van der Waals surface area contributed by atoms with Crippen LogP contribution in [0.4, 0.5) is 11.6 Å². The zero-order valence-electron chi connectivity index (χ0n) is 14.1. The van der Waals surface area contributed by atoms with Crippen LogP contribution < -0.4 is 15.4 Å². The van der Waals surface area contributed by atoms with Gasteiger partial charge in [0.1, 0.15) is 12.1 Å². The summed E-state index contributed by atoms with van der Waals surface area (Å²) in [5.74, 6) is 2.08. The molecule has 0 amide bonds. The molecule has 25 heavy (non-hydrogen) atoms. The van der Waals surface area contributed by atoms with Crippen molar-refractivity contribution in [2.75, 3.05) is 25.5 Å². The molecule has 1 unspecified atom stereocenters. The van der Waals surface area contributed by atoms with Crippen molar-refractivity contribution in [2.24, 2.45) is 0 Å². The number of benzene rings is 2. The van der Waals surface area contributed by atoms with Crippen LogP contribution in [0.5, 0.6) is 5.75 Å². The summed E-state index contributed by atoms with van der Waals surface area (Å²) in [6.45, 7) is 2.08. The van der Waals surface area contributed by atoms with Crippen molar-refractivity contribution < 1.29 is 4.74 Å². The Morgan fingerprint density at radius 1 is 1.20 bits per heavy atom. The van der Waals surface area contributed by atoms with Crippen LogP contribution in [0.1, 0.15) is 17.9 Å². The Hall–Kier alpha value is -2.86. The Kier molecular flexibility index (Phi) is 4.35. The second-order valence-electron chi connectivity index (χ2n) is 6.15. The summed E-state index contributed by atoms with van der Waals surface area (Å²) >= 11 is 0. The van der Waals surface area contributed by atoms with Gasteiger partial charge in [-0.15, -0.1) is 0 Å². The van der Waals surface area contributed by atoms with Crippen molar-refractivity contribution in [1.82, 2.24) is 20.5 Å². The van der Waals surface area contributed by atoms with Gasteiger partial charge in [0.2, 0.25) is 5.95 Å². The van der Waals surface area contributed by atoms with Crippen LogP contribution in [0.15, 0.2) is 48.8 Å². The summed E-state index contributed by atoms with van der Waals surface area (Å²) in [5, 5.41) is 13.4. The Labute approximate surface area is 146 Å². The molecular weight excluding hydrogens is 314 g/mol. The first-order chi connectivity index (χ1) is 12.3. The summed E-state index contributed by atoms with van der Waals surface area (Å²) < 4.78 is 5.69. The first kappa shape index (κ1) is 15.7. The van der Waals surface area contributed by atoms with Crippen molar-refractivity contribution in [3.05, 3.63) is 54.4 Å². The summed E-state index contributed by atoms with van der Waals surface area (Å²) in [6.07, 6.45) is 2.64. The van der Waals surface area contributed by atoms with E-state index in [1.165, 1.54) is 11.9 Å². The van der Waals surface area contributed by atoms with Gasteiger partial charge in [0.05, 0.1) is 7.11 Å². The number of aromatic amines is 1. The lowest BCUT2D eigenvalue weighted by molar-refractivity contribution is 0.406. The van der Waals surface area contributed by atoms with Gasteiger partial charge < -0.3 is 15.4 Å². The van der Waals surface area contributed by atoms with E-state index < -0.39 is 0 Å². The van der Waals surface area contributed by atoms with Crippen LogP contribution >= 0.6 is 0 Å². The summed E-state index contributed by atoms with van der Waals surface area (Å²) in [4.78, 5) is 4.14. The second-order valence-corrected chi connectivity index (χ2v) is 6.15. The molecule has 1 aliphatic heterocycles. The van der Waals surface area contributed by atoms with Gasteiger partial charge >= 0.3 is 0 Å². The average molecular weight is 335 g/mol. The number of hydrogen-bond donors (Lipinski definition) is 3. The molecule has 1 atom stereocenters. The maximum Gasteiger partial charge on any atom is 0.222 e. The molecule has 3 aromatic rings. The first-order valence-corrected chi connectivity index (χ1v) is 8.45. The molecular formula is C19H21N5O. The maximum absolute atomic E-state index is 5.69. The first-order valence-electron chi connectivity index (χ1n) is 8.45. The lowest BCUT2D eigenvalue weighted by atomic mass is 9.94. The molecule has 1 fully saturated rings. The number of nitrogens with one attached hydrogen (secondary N) is 3. The number of ether oxygens (including phenoxy) is 1. The van der Waals surface area contributed by atoms with Crippen LogP contribution in [0.2, 0.25) is 0 Å². The molecule has 6 heteroatoms. The Morgan fingerprint density at radius 2 is 2.12 bits per heavy atom. The number of para-hydroxylation sites is 1. The zero-order valence-corrected chi connectivity index (χ0v) is 14.1. The van der Waals surface area contributed by atoms with E-state index >= 15 is 0 Å². The highest BCUT2D eigenvalue weighted by molar-refractivity contribution is 5.80. The van der Waals surface area contributed by atoms with E-state index in [4.69, 9.17) is 4.74 Å². The number of methoxy groups -OCH3 is 1. The van der Waals surface area contributed by atoms with Crippen LogP contribution in [0.3, 0.4) is 0 Å². The topological polar surface area (TPSA) is 74.9 Å². The fourth-order valence-corrected chi connectivity index (χ4v) is 3.37.